The number of halogens is 4. The maximum absolute atomic E-state index is 13.7. The molecule has 4 aliphatic rings. The van der Waals surface area contributed by atoms with Gasteiger partial charge in [-0.15, -0.1) is 0 Å². The molecule has 0 amide bonds. The van der Waals surface area contributed by atoms with E-state index < -0.39 is 0 Å². The Morgan fingerprint density at radius 3 is 2.41 bits per heavy atom. The molecule has 6 rings (SSSR count). The molecule has 5 unspecified atom stereocenters. The molecule has 0 bridgehead atoms. The molecule has 0 radical (unpaired) electrons. The van der Waals surface area contributed by atoms with Gasteiger partial charge in [0.15, 0.2) is 0 Å². The fourth-order valence-corrected chi connectivity index (χ4v) is 9.64. The van der Waals surface area contributed by atoms with E-state index >= 15 is 0 Å². The smallest absolute Gasteiger partial charge is 0.137 e. The first-order valence-corrected chi connectivity index (χ1v) is 19.1. The fraction of sp³-hybridized carbons (Fsp3) is 0.543. The molecule has 222 valence electrons. The van der Waals surface area contributed by atoms with Crippen LogP contribution in [0.4, 0.5) is 4.39 Å². The van der Waals surface area contributed by atoms with Crippen molar-refractivity contribution in [2.45, 2.75) is 92.7 Å². The van der Waals surface area contributed by atoms with Crippen molar-refractivity contribution in [3.63, 3.8) is 0 Å². The molecule has 2 aromatic rings. The van der Waals surface area contributed by atoms with Crippen LogP contribution in [0.1, 0.15) is 86.2 Å². The van der Waals surface area contributed by atoms with Crippen molar-refractivity contribution in [2.75, 3.05) is 11.0 Å². The van der Waals surface area contributed by atoms with Crippen molar-refractivity contribution in [3.05, 3.63) is 81.6 Å². The zero-order valence-electron chi connectivity index (χ0n) is 24.1. The van der Waals surface area contributed by atoms with Gasteiger partial charge in [-0.25, -0.2) is 4.39 Å². The van der Waals surface area contributed by atoms with Gasteiger partial charge in [-0.2, -0.15) is 0 Å². The predicted octanol–water partition coefficient (Wildman–Crippen LogP) is 6.43. The molecule has 5 atom stereocenters. The van der Waals surface area contributed by atoms with Crippen LogP contribution in [0.15, 0.2) is 65.5 Å². The molecule has 41 heavy (non-hydrogen) atoms. The molecule has 2 nitrogen and oxygen atoms in total. The van der Waals surface area contributed by atoms with Crippen LogP contribution in [0.25, 0.3) is 11.1 Å². The Labute approximate surface area is 266 Å². The second-order valence-corrected chi connectivity index (χ2v) is 17.0. The minimum atomic E-state index is -0.309. The number of alkyl halides is 2. The fourth-order valence-electron chi connectivity index (χ4n) is 7.54. The Bertz CT molecular complexity index is 1270. The summed E-state index contributed by atoms with van der Waals surface area (Å²) in [5, 5.41) is 8.91. The second kappa shape index (κ2) is 13.4. The predicted molar refractivity (Wildman–Crippen MR) is 167 cm³/mol. The molecular formula is C35H43Cl2FIN2-. The second-order valence-electron chi connectivity index (χ2n) is 12.8. The molecule has 1 aliphatic heterocycles. The summed E-state index contributed by atoms with van der Waals surface area (Å²) >= 11 is 13.0. The Kier molecular flexibility index (Phi) is 9.83. The van der Waals surface area contributed by atoms with Crippen molar-refractivity contribution in [2.24, 2.45) is 11.8 Å². The van der Waals surface area contributed by atoms with E-state index in [9.17, 15) is 4.39 Å². The normalized spacial score (nSPS) is 29.7. The largest absolute Gasteiger partial charge is 0.306 e. The van der Waals surface area contributed by atoms with Crippen molar-refractivity contribution < 1.29 is 25.6 Å². The van der Waals surface area contributed by atoms with E-state index in [4.69, 9.17) is 23.2 Å². The van der Waals surface area contributed by atoms with Gasteiger partial charge in [-0.05, 0) is 18.9 Å². The molecule has 3 aliphatic carbocycles. The average molecular weight is 709 g/mol. The van der Waals surface area contributed by atoms with E-state index in [1.165, 1.54) is 84.1 Å². The van der Waals surface area contributed by atoms with Gasteiger partial charge < -0.3 is 5.32 Å². The monoisotopic (exact) mass is 707 g/mol. The van der Waals surface area contributed by atoms with E-state index in [-0.39, 0.29) is 23.4 Å². The number of benzene rings is 2. The maximum Gasteiger partial charge on any atom is 0.137 e. The standard InChI is InChI=1S/C35H43Cl2FIN2/c1-23(41-31-12-13-33(38)32(37)20-31)22-40-35(15-4-7-25(14-16-35)24-5-2-3-6-24)29-10-8-26(9-11-29)27-17-28(34-21-39-34)19-30(36)18-27/h8-13,17-19,23-25,31,34,40-41H,2-7,14-16,20-22H2,1H3/q-1. The summed E-state index contributed by atoms with van der Waals surface area (Å²) in [5.74, 6) is 1.48. The van der Waals surface area contributed by atoms with Gasteiger partial charge in [0.25, 0.3) is 0 Å². The molecular weight excluding hydrogens is 665 g/mol. The Balaban J connectivity index is 1.20. The summed E-state index contributed by atoms with van der Waals surface area (Å²) in [7, 11) is 0. The van der Waals surface area contributed by atoms with Gasteiger partial charge in [0.1, 0.15) is 5.83 Å². The van der Waals surface area contributed by atoms with Crippen LogP contribution in [0.5, 0.6) is 0 Å². The molecule has 2 N–H and O–H groups in total. The van der Waals surface area contributed by atoms with Gasteiger partial charge in [0.2, 0.25) is 0 Å². The third-order valence-electron chi connectivity index (χ3n) is 9.93. The SMILES string of the molecule is CC(CNC1(c2ccc(-c3cc(Cl)cc(C4C[I-]4)c3)cc2)CCCC(C2CCCC2)CC1)NC1C=CC(F)=C(Cl)C1. The minimum absolute atomic E-state index is 0.0359. The molecule has 0 spiro atoms. The first kappa shape index (κ1) is 30.1. The Hall–Kier alpha value is -0.920. The number of hydrogen-bond acceptors (Lipinski definition) is 2. The van der Waals surface area contributed by atoms with Gasteiger partial charge in [0, 0.05) is 12.5 Å². The van der Waals surface area contributed by atoms with E-state index in [2.05, 4.69) is 60.0 Å². The molecule has 1 heterocycles. The zero-order valence-corrected chi connectivity index (χ0v) is 27.7. The molecule has 6 heteroatoms. The average Bonchev–Trinajstić information content (AvgIpc) is 3.73. The first-order chi connectivity index (χ1) is 19.9. The number of hydrogen-bond donors (Lipinski definition) is 2. The molecule has 2 aromatic carbocycles. The van der Waals surface area contributed by atoms with E-state index in [1.54, 1.807) is 0 Å². The van der Waals surface area contributed by atoms with Crippen LogP contribution in [0.2, 0.25) is 5.02 Å². The number of rotatable bonds is 9. The molecule has 0 aromatic heterocycles. The quantitative estimate of drug-likeness (QED) is 0.178. The van der Waals surface area contributed by atoms with Crippen LogP contribution in [0, 0.1) is 11.8 Å². The van der Waals surface area contributed by atoms with Crippen molar-refractivity contribution in [1.29, 1.82) is 0 Å². The van der Waals surface area contributed by atoms with E-state index in [0.717, 1.165) is 33.7 Å². The van der Waals surface area contributed by atoms with E-state index in [1.807, 2.05) is 6.08 Å². The summed E-state index contributed by atoms with van der Waals surface area (Å²) in [6.45, 7) is 3.07. The molecule has 1 saturated heterocycles. The summed E-state index contributed by atoms with van der Waals surface area (Å²) in [6.07, 6.45) is 15.9. The Morgan fingerprint density at radius 1 is 0.951 bits per heavy atom. The van der Waals surface area contributed by atoms with Crippen molar-refractivity contribution in [3.8, 4) is 11.1 Å². The van der Waals surface area contributed by atoms with Gasteiger partial charge in [-0.3, -0.25) is 0 Å². The summed E-state index contributed by atoms with van der Waals surface area (Å²) in [5.41, 5.74) is 5.28. The zero-order chi connectivity index (χ0) is 28.4. The minimum Gasteiger partial charge on any atom is -0.306 e. The van der Waals surface area contributed by atoms with Crippen LogP contribution in [-0.2, 0) is 5.54 Å². The van der Waals surface area contributed by atoms with Gasteiger partial charge in [0.05, 0.1) is 5.03 Å². The maximum atomic E-state index is 13.7. The summed E-state index contributed by atoms with van der Waals surface area (Å²) in [6, 6.07) is 16.3. The Morgan fingerprint density at radius 2 is 1.68 bits per heavy atom. The third kappa shape index (κ3) is 7.42. The molecule has 2 saturated carbocycles. The van der Waals surface area contributed by atoms with Gasteiger partial charge >= 0.3 is 172 Å². The number of allylic oxidation sites excluding steroid dienone is 2. The number of nitrogens with one attached hydrogen (secondary N) is 2. The van der Waals surface area contributed by atoms with Crippen molar-refractivity contribution in [1.82, 2.24) is 10.6 Å². The van der Waals surface area contributed by atoms with Crippen LogP contribution < -0.4 is 31.8 Å². The van der Waals surface area contributed by atoms with Crippen LogP contribution in [0.3, 0.4) is 0 Å². The first-order valence-electron chi connectivity index (χ1n) is 15.6. The van der Waals surface area contributed by atoms with Crippen molar-refractivity contribution >= 4 is 23.2 Å². The van der Waals surface area contributed by atoms with Crippen LogP contribution in [-0.4, -0.2) is 23.1 Å². The summed E-state index contributed by atoms with van der Waals surface area (Å²) < 4.78 is 15.9. The molecule has 3 fully saturated rings. The topological polar surface area (TPSA) is 24.1 Å². The van der Waals surface area contributed by atoms with Gasteiger partial charge in [-0.1, -0.05) is 43.4 Å². The van der Waals surface area contributed by atoms with E-state index in [0.29, 0.717) is 32.7 Å². The van der Waals surface area contributed by atoms with Crippen LogP contribution >= 0.6 is 23.2 Å². The summed E-state index contributed by atoms with van der Waals surface area (Å²) in [4.78, 5) is 0. The third-order valence-corrected chi connectivity index (χ3v) is 13.0.